The third-order valence-electron chi connectivity index (χ3n) is 4.29. The number of carbonyl (C=O) groups excluding carboxylic acids is 2. The fourth-order valence-corrected chi connectivity index (χ4v) is 2.90. The molecule has 2 amide bonds. The number of amides is 2. The molecule has 1 heterocycles. The number of pyridine rings is 1. The second-order valence-corrected chi connectivity index (χ2v) is 6.87. The third-order valence-corrected chi connectivity index (χ3v) is 4.29. The first-order chi connectivity index (χ1) is 10.8. The molecule has 2 atom stereocenters. The van der Waals surface area contributed by atoms with Gasteiger partial charge in [-0.3, -0.25) is 9.59 Å². The van der Waals surface area contributed by atoms with Crippen molar-refractivity contribution in [3.05, 3.63) is 36.0 Å². The van der Waals surface area contributed by atoms with E-state index in [1.54, 1.807) is 18.3 Å². The zero-order valence-electron chi connectivity index (χ0n) is 14.2. The normalized spacial score (nSPS) is 21.2. The summed E-state index contributed by atoms with van der Waals surface area (Å²) in [4.78, 5) is 28.1. The Bertz CT molecular complexity index is 604. The SMILES string of the molecule is CC(C)=C[C@@H]1[C@H](C(=O)NCCC(=O)Nc2ccccn2)C1(C)C. The van der Waals surface area contributed by atoms with Crippen LogP contribution in [-0.2, 0) is 9.59 Å². The number of hydrogen-bond acceptors (Lipinski definition) is 3. The summed E-state index contributed by atoms with van der Waals surface area (Å²) in [6.07, 6.45) is 4.02. The topological polar surface area (TPSA) is 71.1 Å². The van der Waals surface area contributed by atoms with Crippen molar-refractivity contribution in [3.8, 4) is 0 Å². The van der Waals surface area contributed by atoms with Crippen LogP contribution < -0.4 is 10.6 Å². The van der Waals surface area contributed by atoms with Gasteiger partial charge < -0.3 is 10.6 Å². The van der Waals surface area contributed by atoms with Crippen LogP contribution in [0.1, 0.15) is 34.1 Å². The minimum Gasteiger partial charge on any atom is -0.355 e. The number of aromatic nitrogens is 1. The first-order valence-electron chi connectivity index (χ1n) is 7.96. The summed E-state index contributed by atoms with van der Waals surface area (Å²) in [5.41, 5.74) is 1.23. The first kappa shape index (κ1) is 17.2. The molecule has 1 saturated carbocycles. The monoisotopic (exact) mass is 315 g/mol. The van der Waals surface area contributed by atoms with E-state index >= 15 is 0 Å². The predicted molar refractivity (Wildman–Crippen MR) is 90.7 cm³/mol. The molecular formula is C18H25N3O2. The van der Waals surface area contributed by atoms with Gasteiger partial charge in [-0.25, -0.2) is 4.98 Å². The van der Waals surface area contributed by atoms with Crippen molar-refractivity contribution in [1.82, 2.24) is 10.3 Å². The first-order valence-corrected chi connectivity index (χ1v) is 7.96. The molecule has 2 rings (SSSR count). The van der Waals surface area contributed by atoms with Crippen LogP contribution in [0.2, 0.25) is 0 Å². The Balaban J connectivity index is 1.75. The van der Waals surface area contributed by atoms with Gasteiger partial charge in [0.25, 0.3) is 0 Å². The summed E-state index contributed by atoms with van der Waals surface area (Å²) >= 11 is 0. The van der Waals surface area contributed by atoms with E-state index in [-0.39, 0.29) is 35.5 Å². The summed E-state index contributed by atoms with van der Waals surface area (Å²) in [5, 5.41) is 5.57. The number of nitrogens with zero attached hydrogens (tertiary/aromatic N) is 1. The van der Waals surface area contributed by atoms with Gasteiger partial charge in [-0.15, -0.1) is 0 Å². The van der Waals surface area contributed by atoms with Crippen LogP contribution in [0.15, 0.2) is 36.0 Å². The van der Waals surface area contributed by atoms with Crippen molar-refractivity contribution in [1.29, 1.82) is 0 Å². The highest BCUT2D eigenvalue weighted by molar-refractivity contribution is 5.90. The molecule has 5 heteroatoms. The zero-order valence-corrected chi connectivity index (χ0v) is 14.2. The van der Waals surface area contributed by atoms with Crippen LogP contribution in [0.5, 0.6) is 0 Å². The molecule has 0 unspecified atom stereocenters. The van der Waals surface area contributed by atoms with Gasteiger partial charge in [0.1, 0.15) is 5.82 Å². The van der Waals surface area contributed by atoms with E-state index < -0.39 is 0 Å². The molecule has 1 aromatic rings. The minimum absolute atomic E-state index is 0.00241. The van der Waals surface area contributed by atoms with Crippen molar-refractivity contribution in [2.45, 2.75) is 34.1 Å². The zero-order chi connectivity index (χ0) is 17.0. The number of carbonyl (C=O) groups is 2. The van der Waals surface area contributed by atoms with Gasteiger partial charge in [0.2, 0.25) is 11.8 Å². The van der Waals surface area contributed by atoms with Gasteiger partial charge >= 0.3 is 0 Å². The smallest absolute Gasteiger partial charge is 0.227 e. The summed E-state index contributed by atoms with van der Waals surface area (Å²) in [6, 6.07) is 5.33. The third kappa shape index (κ3) is 4.41. The average molecular weight is 315 g/mol. The van der Waals surface area contributed by atoms with Crippen molar-refractivity contribution in [2.75, 3.05) is 11.9 Å². The Kier molecular flexibility index (Phi) is 5.19. The van der Waals surface area contributed by atoms with E-state index in [4.69, 9.17) is 0 Å². The number of nitrogens with one attached hydrogen (secondary N) is 2. The minimum atomic E-state index is -0.153. The molecule has 1 fully saturated rings. The second-order valence-electron chi connectivity index (χ2n) is 6.87. The maximum atomic E-state index is 12.3. The van der Waals surface area contributed by atoms with Crippen molar-refractivity contribution in [3.63, 3.8) is 0 Å². The second kappa shape index (κ2) is 6.94. The molecule has 2 N–H and O–H groups in total. The van der Waals surface area contributed by atoms with Crippen LogP contribution in [-0.4, -0.2) is 23.3 Å². The highest BCUT2D eigenvalue weighted by Gasteiger charge is 2.60. The molecule has 1 aliphatic rings. The number of allylic oxidation sites excluding steroid dienone is 2. The highest BCUT2D eigenvalue weighted by atomic mass is 16.2. The lowest BCUT2D eigenvalue weighted by molar-refractivity contribution is -0.123. The Morgan fingerprint density at radius 2 is 2.04 bits per heavy atom. The lowest BCUT2D eigenvalue weighted by Crippen LogP contribution is -2.30. The van der Waals surface area contributed by atoms with Gasteiger partial charge in [0.05, 0.1) is 5.92 Å². The molecule has 5 nitrogen and oxygen atoms in total. The Hall–Kier alpha value is -2.17. The van der Waals surface area contributed by atoms with Crippen molar-refractivity contribution < 1.29 is 9.59 Å². The van der Waals surface area contributed by atoms with Crippen molar-refractivity contribution in [2.24, 2.45) is 17.3 Å². The van der Waals surface area contributed by atoms with Crippen LogP contribution in [0, 0.1) is 17.3 Å². The molecule has 1 aromatic heterocycles. The predicted octanol–water partition coefficient (Wildman–Crippen LogP) is 2.76. The molecule has 0 spiro atoms. The number of rotatable bonds is 6. The van der Waals surface area contributed by atoms with Gasteiger partial charge in [-0.1, -0.05) is 31.6 Å². The largest absolute Gasteiger partial charge is 0.355 e. The maximum absolute atomic E-state index is 12.3. The van der Waals surface area contributed by atoms with E-state index in [0.29, 0.717) is 12.4 Å². The molecule has 0 radical (unpaired) electrons. The van der Waals surface area contributed by atoms with E-state index in [9.17, 15) is 9.59 Å². The Morgan fingerprint density at radius 1 is 1.30 bits per heavy atom. The van der Waals surface area contributed by atoms with Crippen LogP contribution in [0.4, 0.5) is 5.82 Å². The maximum Gasteiger partial charge on any atom is 0.227 e. The van der Waals surface area contributed by atoms with E-state index in [2.05, 4.69) is 35.5 Å². The van der Waals surface area contributed by atoms with E-state index in [1.165, 1.54) is 5.57 Å². The molecule has 0 saturated heterocycles. The summed E-state index contributed by atoms with van der Waals surface area (Å²) < 4.78 is 0. The Labute approximate surface area is 137 Å². The van der Waals surface area contributed by atoms with Crippen molar-refractivity contribution >= 4 is 17.6 Å². The average Bonchev–Trinajstić information content (AvgIpc) is 3.00. The van der Waals surface area contributed by atoms with E-state index in [0.717, 1.165) is 0 Å². The fourth-order valence-electron chi connectivity index (χ4n) is 2.90. The lowest BCUT2D eigenvalue weighted by Gasteiger charge is -2.07. The van der Waals surface area contributed by atoms with E-state index in [1.807, 2.05) is 19.9 Å². The lowest BCUT2D eigenvalue weighted by atomic mass is 10.1. The van der Waals surface area contributed by atoms with Gasteiger partial charge in [-0.05, 0) is 37.3 Å². The number of hydrogen-bond donors (Lipinski definition) is 2. The summed E-state index contributed by atoms with van der Waals surface area (Å²) in [7, 11) is 0. The van der Waals surface area contributed by atoms with Crippen LogP contribution in [0.3, 0.4) is 0 Å². The fraction of sp³-hybridized carbons (Fsp3) is 0.500. The quantitative estimate of drug-likeness (QED) is 0.793. The van der Waals surface area contributed by atoms with Gasteiger partial charge in [-0.2, -0.15) is 0 Å². The highest BCUT2D eigenvalue weighted by Crippen LogP contribution is 2.59. The molecule has 23 heavy (non-hydrogen) atoms. The molecule has 0 bridgehead atoms. The summed E-state index contributed by atoms with van der Waals surface area (Å²) in [5.74, 6) is 0.685. The molecule has 0 aromatic carbocycles. The van der Waals surface area contributed by atoms with Crippen LogP contribution >= 0.6 is 0 Å². The molecule has 124 valence electrons. The molecule has 0 aliphatic heterocycles. The van der Waals surface area contributed by atoms with Gasteiger partial charge in [0.15, 0.2) is 0 Å². The van der Waals surface area contributed by atoms with Gasteiger partial charge in [0, 0.05) is 19.2 Å². The standard InChI is InChI=1S/C18H25N3O2/c1-12(2)11-13-16(18(13,3)4)17(23)20-10-8-15(22)21-14-7-5-6-9-19-14/h5-7,9,11,13,16H,8,10H2,1-4H3,(H,20,23)(H,19,21,22)/t13-,16-/m1/s1. The van der Waals surface area contributed by atoms with Crippen LogP contribution in [0.25, 0.3) is 0 Å². The number of anilines is 1. The Morgan fingerprint density at radius 3 is 2.65 bits per heavy atom. The molecule has 1 aliphatic carbocycles. The summed E-state index contributed by atoms with van der Waals surface area (Å²) in [6.45, 7) is 8.65. The molecular weight excluding hydrogens is 290 g/mol.